The number of nitrogens with two attached hydrogens (primary N) is 1. The Labute approximate surface area is 133 Å². The summed E-state index contributed by atoms with van der Waals surface area (Å²) >= 11 is 0. The predicted molar refractivity (Wildman–Crippen MR) is 85.8 cm³/mol. The van der Waals surface area contributed by atoms with Crippen molar-refractivity contribution in [1.82, 2.24) is 0 Å². The van der Waals surface area contributed by atoms with Gasteiger partial charge >= 0.3 is 6.09 Å². The van der Waals surface area contributed by atoms with Crippen LogP contribution in [0.5, 0.6) is 5.75 Å². The highest BCUT2D eigenvalue weighted by atomic mass is 16.6. The number of para-hydroxylation sites is 1. The van der Waals surface area contributed by atoms with Crippen LogP contribution in [-0.2, 0) is 0 Å². The molecule has 0 fully saturated rings. The average molecular weight is 312 g/mol. The van der Waals surface area contributed by atoms with Gasteiger partial charge in [0, 0.05) is 18.3 Å². The lowest BCUT2D eigenvalue weighted by Crippen LogP contribution is -2.30. The molecular formula is C17H16N2O4. The normalized spacial score (nSPS) is 10.0. The molecule has 2 amide bonds. The second kappa shape index (κ2) is 6.74. The Morgan fingerprint density at radius 2 is 1.70 bits per heavy atom. The Bertz CT molecular complexity index is 756. The lowest BCUT2D eigenvalue weighted by Gasteiger charge is -2.17. The van der Waals surface area contributed by atoms with E-state index in [0.29, 0.717) is 11.3 Å². The van der Waals surface area contributed by atoms with E-state index in [1.54, 1.807) is 31.3 Å². The third-order valence-electron chi connectivity index (χ3n) is 3.27. The number of ether oxygens (including phenoxy) is 1. The number of carbonyl (C=O) groups is 3. The number of amides is 2. The molecule has 0 aliphatic carbocycles. The third-order valence-corrected chi connectivity index (χ3v) is 3.27. The summed E-state index contributed by atoms with van der Waals surface area (Å²) < 4.78 is 5.23. The largest absolute Gasteiger partial charge is 0.419 e. The summed E-state index contributed by atoms with van der Waals surface area (Å²) in [7, 11) is 1.55. The fourth-order valence-corrected chi connectivity index (χ4v) is 1.95. The van der Waals surface area contributed by atoms with E-state index in [0.717, 1.165) is 0 Å². The first kappa shape index (κ1) is 16.2. The Morgan fingerprint density at radius 1 is 1.04 bits per heavy atom. The molecule has 0 atom stereocenters. The standard InChI is InChI=1S/C17H16N2O4/c1-11(20)12-8-9-15(14(10-12)16(18)21)23-17(22)19(2)13-6-4-3-5-7-13/h3-10H,1-2H3,(H2,18,21). The van der Waals surface area contributed by atoms with Gasteiger partial charge in [-0.1, -0.05) is 18.2 Å². The number of primary amides is 1. The highest BCUT2D eigenvalue weighted by Gasteiger charge is 2.18. The van der Waals surface area contributed by atoms with Crippen LogP contribution in [-0.4, -0.2) is 24.8 Å². The third kappa shape index (κ3) is 3.74. The quantitative estimate of drug-likeness (QED) is 0.879. The van der Waals surface area contributed by atoms with Crippen molar-refractivity contribution in [2.24, 2.45) is 5.73 Å². The van der Waals surface area contributed by atoms with Crippen LogP contribution in [0.15, 0.2) is 48.5 Å². The number of hydrogen-bond donors (Lipinski definition) is 1. The van der Waals surface area contributed by atoms with Gasteiger partial charge in [0.2, 0.25) is 0 Å². The Morgan fingerprint density at radius 3 is 2.26 bits per heavy atom. The molecular weight excluding hydrogens is 296 g/mol. The van der Waals surface area contributed by atoms with Gasteiger partial charge in [0.05, 0.1) is 5.56 Å². The van der Waals surface area contributed by atoms with Crippen molar-refractivity contribution >= 4 is 23.5 Å². The molecule has 0 aliphatic heterocycles. The minimum atomic E-state index is -0.779. The number of anilines is 1. The van der Waals surface area contributed by atoms with Crippen LogP contribution >= 0.6 is 0 Å². The summed E-state index contributed by atoms with van der Waals surface area (Å²) in [5.74, 6) is -0.986. The Hall–Kier alpha value is -3.15. The minimum absolute atomic E-state index is 0.00952. The molecule has 0 unspecified atom stereocenters. The van der Waals surface area contributed by atoms with E-state index < -0.39 is 12.0 Å². The highest BCUT2D eigenvalue weighted by molar-refractivity contribution is 6.01. The van der Waals surface area contributed by atoms with Gasteiger partial charge in [0.25, 0.3) is 5.91 Å². The molecule has 0 radical (unpaired) electrons. The number of nitrogens with zero attached hydrogens (tertiary/aromatic N) is 1. The summed E-state index contributed by atoms with van der Waals surface area (Å²) in [5.41, 5.74) is 6.22. The highest BCUT2D eigenvalue weighted by Crippen LogP contribution is 2.22. The van der Waals surface area contributed by atoms with Crippen LogP contribution in [0.4, 0.5) is 10.5 Å². The van der Waals surface area contributed by atoms with Crippen molar-refractivity contribution in [3.05, 3.63) is 59.7 Å². The maximum atomic E-state index is 12.2. The molecule has 2 aromatic carbocycles. The molecule has 0 heterocycles. The topological polar surface area (TPSA) is 89.7 Å². The summed E-state index contributed by atoms with van der Waals surface area (Å²) in [6.07, 6.45) is -0.672. The molecule has 0 aliphatic rings. The van der Waals surface area contributed by atoms with Crippen molar-refractivity contribution in [3.63, 3.8) is 0 Å². The second-order valence-electron chi connectivity index (χ2n) is 4.89. The molecule has 2 N–H and O–H groups in total. The molecule has 2 rings (SSSR count). The van der Waals surface area contributed by atoms with Crippen LogP contribution in [0, 0.1) is 0 Å². The zero-order valence-electron chi connectivity index (χ0n) is 12.8. The molecule has 6 heteroatoms. The van der Waals surface area contributed by atoms with Gasteiger partial charge < -0.3 is 10.5 Å². The van der Waals surface area contributed by atoms with Gasteiger partial charge in [-0.05, 0) is 37.3 Å². The van der Waals surface area contributed by atoms with Crippen LogP contribution in [0.2, 0.25) is 0 Å². The van der Waals surface area contributed by atoms with E-state index in [1.807, 2.05) is 6.07 Å². The van der Waals surface area contributed by atoms with Gasteiger partial charge in [0.1, 0.15) is 5.75 Å². The summed E-state index contributed by atoms with van der Waals surface area (Å²) in [5, 5.41) is 0. The van der Waals surface area contributed by atoms with E-state index in [2.05, 4.69) is 0 Å². The SMILES string of the molecule is CC(=O)c1ccc(OC(=O)N(C)c2ccccc2)c(C(N)=O)c1. The average Bonchev–Trinajstić information content (AvgIpc) is 2.54. The predicted octanol–water partition coefficient (Wildman–Crippen LogP) is 2.62. The molecule has 0 aromatic heterocycles. The van der Waals surface area contributed by atoms with Gasteiger partial charge in [-0.3, -0.25) is 14.5 Å². The monoisotopic (exact) mass is 312 g/mol. The lowest BCUT2D eigenvalue weighted by atomic mass is 10.1. The smallest absolute Gasteiger partial charge is 0.409 e. The molecule has 0 bridgehead atoms. The van der Waals surface area contributed by atoms with Gasteiger partial charge in [0.15, 0.2) is 5.78 Å². The maximum absolute atomic E-state index is 12.2. The summed E-state index contributed by atoms with van der Waals surface area (Å²) in [6.45, 7) is 1.37. The van der Waals surface area contributed by atoms with E-state index in [1.165, 1.54) is 30.0 Å². The van der Waals surface area contributed by atoms with Crippen LogP contribution < -0.4 is 15.4 Å². The van der Waals surface area contributed by atoms with Crippen molar-refractivity contribution in [3.8, 4) is 5.75 Å². The lowest BCUT2D eigenvalue weighted by molar-refractivity contribution is 0.0998. The number of rotatable bonds is 4. The Kier molecular flexibility index (Phi) is 4.75. The first-order valence-electron chi connectivity index (χ1n) is 6.85. The molecule has 6 nitrogen and oxygen atoms in total. The van der Waals surface area contributed by atoms with Crippen molar-refractivity contribution in [2.45, 2.75) is 6.92 Å². The molecule has 0 spiro atoms. The number of Topliss-reactive ketones (excluding diaryl/α,β-unsaturated/α-hetero) is 1. The molecule has 0 saturated heterocycles. The second-order valence-corrected chi connectivity index (χ2v) is 4.89. The zero-order chi connectivity index (χ0) is 17.0. The van der Waals surface area contributed by atoms with Crippen molar-refractivity contribution in [2.75, 3.05) is 11.9 Å². The number of benzene rings is 2. The molecule has 2 aromatic rings. The molecule has 0 saturated carbocycles. The zero-order valence-corrected chi connectivity index (χ0v) is 12.8. The molecule has 23 heavy (non-hydrogen) atoms. The number of ketones is 1. The van der Waals surface area contributed by atoms with E-state index >= 15 is 0 Å². The van der Waals surface area contributed by atoms with Gasteiger partial charge in [-0.15, -0.1) is 0 Å². The van der Waals surface area contributed by atoms with E-state index in [4.69, 9.17) is 10.5 Å². The van der Waals surface area contributed by atoms with E-state index in [9.17, 15) is 14.4 Å². The first-order valence-corrected chi connectivity index (χ1v) is 6.85. The van der Waals surface area contributed by atoms with Crippen LogP contribution in [0.25, 0.3) is 0 Å². The fourth-order valence-electron chi connectivity index (χ4n) is 1.95. The summed E-state index contributed by atoms with van der Waals surface area (Å²) in [6, 6.07) is 13.1. The van der Waals surface area contributed by atoms with Crippen LogP contribution in [0.3, 0.4) is 0 Å². The first-order chi connectivity index (χ1) is 10.9. The van der Waals surface area contributed by atoms with Crippen molar-refractivity contribution in [1.29, 1.82) is 0 Å². The number of hydrogen-bond acceptors (Lipinski definition) is 4. The van der Waals surface area contributed by atoms with Gasteiger partial charge in [-0.25, -0.2) is 4.79 Å². The summed E-state index contributed by atoms with van der Waals surface area (Å²) in [4.78, 5) is 36.4. The molecule has 118 valence electrons. The maximum Gasteiger partial charge on any atom is 0.419 e. The minimum Gasteiger partial charge on any atom is -0.409 e. The van der Waals surface area contributed by atoms with Gasteiger partial charge in [-0.2, -0.15) is 0 Å². The van der Waals surface area contributed by atoms with Crippen molar-refractivity contribution < 1.29 is 19.1 Å². The van der Waals surface area contributed by atoms with Crippen LogP contribution in [0.1, 0.15) is 27.6 Å². The Balaban J connectivity index is 2.27. The fraction of sp³-hybridized carbons (Fsp3) is 0.118. The number of carbonyl (C=O) groups excluding carboxylic acids is 3. The van der Waals surface area contributed by atoms with E-state index in [-0.39, 0.29) is 17.1 Å².